The molecule has 12 heteroatoms. The first kappa shape index (κ1) is 26.3. The van der Waals surface area contributed by atoms with E-state index in [1.165, 1.54) is 55.5 Å². The Morgan fingerprint density at radius 1 is 1.02 bits per heavy atom. The number of hydrogen-bond acceptors (Lipinski definition) is 5. The van der Waals surface area contributed by atoms with Crippen molar-refractivity contribution in [3.8, 4) is 11.1 Å². The first-order valence-electron chi connectivity index (χ1n) is 21.9. The second-order valence-corrected chi connectivity index (χ2v) is 13.3. The molecule has 1 saturated heterocycles. The molecule has 1 aromatic heterocycles. The highest BCUT2D eigenvalue weighted by Gasteiger charge is 2.31. The van der Waals surface area contributed by atoms with E-state index in [0.717, 1.165) is 27.7 Å². The van der Waals surface area contributed by atoms with Crippen molar-refractivity contribution in [1.82, 2.24) is 14.4 Å². The van der Waals surface area contributed by atoms with Crippen molar-refractivity contribution in [2.75, 3.05) is 33.2 Å². The molecular weight excluding hydrogens is 710 g/mol. The number of piperidine rings is 1. The van der Waals surface area contributed by atoms with Gasteiger partial charge >= 0.3 is 6.18 Å². The van der Waals surface area contributed by atoms with Gasteiger partial charge in [-0.25, -0.2) is 8.78 Å². The third-order valence-corrected chi connectivity index (χ3v) is 9.85. The summed E-state index contributed by atoms with van der Waals surface area (Å²) in [7, 11) is -3.04. The van der Waals surface area contributed by atoms with Gasteiger partial charge in [-0.05, 0) is 72.3 Å². The third kappa shape index (κ3) is 9.17. The van der Waals surface area contributed by atoms with E-state index in [1.807, 2.05) is 0 Å². The van der Waals surface area contributed by atoms with Crippen LogP contribution in [0.4, 0.5) is 22.0 Å². The van der Waals surface area contributed by atoms with E-state index in [0.29, 0.717) is 22.9 Å². The molecule has 0 radical (unpaired) electrons. The summed E-state index contributed by atoms with van der Waals surface area (Å²) in [6.45, 7) is -5.25. The van der Waals surface area contributed by atoms with Crippen molar-refractivity contribution in [1.29, 1.82) is 0 Å². The monoisotopic (exact) mass is 760 g/mol. The number of carbonyl (C=O) groups excluding carboxylic acids is 1. The normalized spacial score (nSPS) is 18.0. The number of likely N-dealkylation sites (tertiary alicyclic amines) is 1. The van der Waals surface area contributed by atoms with Crippen LogP contribution in [0.3, 0.4) is 0 Å². The summed E-state index contributed by atoms with van der Waals surface area (Å²) >= 11 is 0.664. The second kappa shape index (κ2) is 16.7. The molecule has 1 fully saturated rings. The molecule has 6 nitrogen and oxygen atoms in total. The molecule has 0 saturated carbocycles. The zero-order valence-corrected chi connectivity index (χ0v) is 29.1. The molecule has 5 aromatic rings. The van der Waals surface area contributed by atoms with Crippen LogP contribution in [0.5, 0.6) is 0 Å². The molecule has 2 heterocycles. The molecule has 0 spiro atoms. The third-order valence-electron chi connectivity index (χ3n) is 8.80. The number of halogens is 5. The van der Waals surface area contributed by atoms with E-state index in [1.54, 1.807) is 4.90 Å². The summed E-state index contributed by atoms with van der Waals surface area (Å²) in [6.07, 6.45) is -4.55. The first-order valence-corrected chi connectivity index (χ1v) is 17.4. The van der Waals surface area contributed by atoms with Gasteiger partial charge in [-0.15, -0.1) is 11.8 Å². The lowest BCUT2D eigenvalue weighted by atomic mass is 10.00. The van der Waals surface area contributed by atoms with Crippen LogP contribution in [0.25, 0.3) is 22.0 Å². The van der Waals surface area contributed by atoms with E-state index in [4.69, 9.17) is 12.3 Å². The number of thioether (sulfide) groups is 1. The Labute approximate surface area is 324 Å². The van der Waals surface area contributed by atoms with E-state index < -0.39 is 103 Å². The Morgan fingerprint density at radius 2 is 1.72 bits per heavy atom. The lowest BCUT2D eigenvalue weighted by molar-refractivity contribution is -0.137. The van der Waals surface area contributed by atoms with Gasteiger partial charge in [-0.2, -0.15) is 13.2 Å². The second-order valence-electron chi connectivity index (χ2n) is 12.4. The van der Waals surface area contributed by atoms with Gasteiger partial charge < -0.3 is 19.1 Å². The Kier molecular flexibility index (Phi) is 8.26. The van der Waals surface area contributed by atoms with Gasteiger partial charge in [0.25, 0.3) is 0 Å². The number of rotatable bonds is 12. The van der Waals surface area contributed by atoms with Crippen LogP contribution in [0.15, 0.2) is 101 Å². The molecule has 0 bridgehead atoms. The van der Waals surface area contributed by atoms with E-state index in [2.05, 4.69) is 4.74 Å². The van der Waals surface area contributed by atoms with E-state index >= 15 is 4.79 Å². The summed E-state index contributed by atoms with van der Waals surface area (Å²) in [5.74, 6) is -3.72. The fourth-order valence-electron chi connectivity index (χ4n) is 6.01. The van der Waals surface area contributed by atoms with Gasteiger partial charge in [0.2, 0.25) is 5.91 Å². The number of fused-ring (bicyclic) bond motifs is 1. The molecule has 53 heavy (non-hydrogen) atoms. The van der Waals surface area contributed by atoms with Gasteiger partial charge in [0.05, 0.1) is 37.7 Å². The van der Waals surface area contributed by atoms with Crippen molar-refractivity contribution in [3.63, 3.8) is 0 Å². The van der Waals surface area contributed by atoms with Gasteiger partial charge in [-0.3, -0.25) is 9.59 Å². The van der Waals surface area contributed by atoms with Crippen molar-refractivity contribution in [2.24, 2.45) is 0 Å². The number of alkyl halides is 3. The highest BCUT2D eigenvalue weighted by molar-refractivity contribution is 7.98. The molecule has 0 aliphatic carbocycles. The maximum Gasteiger partial charge on any atom is 0.416 e. The van der Waals surface area contributed by atoms with Crippen LogP contribution >= 0.6 is 11.8 Å². The predicted molar refractivity (Wildman–Crippen MR) is 198 cm³/mol. The quantitative estimate of drug-likeness (QED) is 0.0942. The zero-order valence-electron chi connectivity index (χ0n) is 39.2. The van der Waals surface area contributed by atoms with Crippen molar-refractivity contribution < 1.29 is 46.6 Å². The fourth-order valence-corrected chi connectivity index (χ4v) is 7.00. The largest absolute Gasteiger partial charge is 0.416 e. The molecule has 1 aliphatic heterocycles. The molecule has 0 atom stereocenters. The highest BCUT2D eigenvalue weighted by Crippen LogP contribution is 2.32. The summed E-state index contributed by atoms with van der Waals surface area (Å²) in [4.78, 5) is 31.3. The molecule has 4 aromatic carbocycles. The predicted octanol–water partition coefficient (Wildman–Crippen LogP) is 8.71. The standard InChI is InChI=1S/C41H40F5N3O3S/c1-27-6-15-34-36(22-27)49(39(23-37(34)50)53-26-31-4-3-5-35(42)40(31)43)25-38(51)48(33-16-18-47(19-17-33)20-21-52-2)24-28-7-9-29(10-8-28)30-11-13-32(14-12-30)41(44,45)46/h3-15,22-23,33H,16-21,24-26H2,1-2H3/i2D3,6D,15D,21D2,22D,23D,24D2. The molecule has 1 aliphatic rings. The van der Waals surface area contributed by atoms with E-state index in [9.17, 15) is 29.5 Å². The van der Waals surface area contributed by atoms with Crippen LogP contribution in [0, 0.1) is 18.6 Å². The van der Waals surface area contributed by atoms with Crippen LogP contribution in [0.1, 0.15) is 50.2 Å². The van der Waals surface area contributed by atoms with Gasteiger partial charge in [-0.1, -0.05) is 54.6 Å². The summed E-state index contributed by atoms with van der Waals surface area (Å²) in [5.41, 5.74) is -1.76. The zero-order chi connectivity index (χ0) is 47.3. The Balaban J connectivity index is 1.44. The minimum atomic E-state index is -4.57. The van der Waals surface area contributed by atoms with Gasteiger partial charge in [0.1, 0.15) is 6.54 Å². The Morgan fingerprint density at radius 3 is 2.40 bits per heavy atom. The lowest BCUT2D eigenvalue weighted by Gasteiger charge is -2.39. The smallest absolute Gasteiger partial charge is 0.383 e. The van der Waals surface area contributed by atoms with Crippen LogP contribution in [-0.2, 0) is 34.5 Å². The molecule has 278 valence electrons. The molecule has 1 amide bonds. The van der Waals surface area contributed by atoms with Crippen molar-refractivity contribution in [3.05, 3.63) is 135 Å². The molecule has 0 N–H and O–H groups in total. The van der Waals surface area contributed by atoms with E-state index in [-0.39, 0.29) is 58.9 Å². The topological polar surface area (TPSA) is 54.8 Å². The summed E-state index contributed by atoms with van der Waals surface area (Å²) < 4.78 is 167. The van der Waals surface area contributed by atoms with Crippen LogP contribution < -0.4 is 5.43 Å². The lowest BCUT2D eigenvalue weighted by Crippen LogP contribution is -2.48. The maximum atomic E-state index is 15.0. The Hall–Kier alpha value is -4.52. The number of nitrogens with zero attached hydrogens (tertiary/aromatic N) is 3. The molecular formula is C41H40F5N3O3S. The molecule has 6 rings (SSSR count). The number of pyridine rings is 1. The molecule has 0 unspecified atom stereocenters. The van der Waals surface area contributed by atoms with Gasteiger partial charge in [0.15, 0.2) is 17.1 Å². The Bertz CT molecular complexity index is 2620. The number of aromatic nitrogens is 1. The average molecular weight is 761 g/mol. The minimum absolute atomic E-state index is 0.00959. The number of methoxy groups -OCH3 is 1. The highest BCUT2D eigenvalue weighted by atomic mass is 32.2. The number of hydrogen-bond donors (Lipinski definition) is 0. The number of ether oxygens (including phenoxy) is 1. The van der Waals surface area contributed by atoms with Gasteiger partial charge in [0, 0.05) is 62.0 Å². The minimum Gasteiger partial charge on any atom is -0.383 e. The maximum absolute atomic E-state index is 15.0. The number of amides is 1. The SMILES string of the molecule is [2H]c1c(C)c([2H])c2c(c1[2H])c(=O)c([2H])c(SCc1cccc(F)c1F)n2CC(=O)N(C1CCN(CC([2H])([2H])OC([2H])([2H])[2H])CC1)C([2H])([2H])c1ccc(-c2ccc(C(F)(F)F)cc2)cc1. The number of benzene rings is 4. The summed E-state index contributed by atoms with van der Waals surface area (Å²) in [6, 6.07) is 10.0. The average Bonchev–Trinajstić information content (AvgIpc) is 3.21. The van der Waals surface area contributed by atoms with Crippen molar-refractivity contribution in [2.45, 2.75) is 55.8 Å². The van der Waals surface area contributed by atoms with Crippen LogP contribution in [-0.4, -0.2) is 59.5 Å². The fraction of sp³-hybridized carbons (Fsp3) is 0.317. The summed E-state index contributed by atoms with van der Waals surface area (Å²) in [5, 5.41) is -0.831. The van der Waals surface area contributed by atoms with Crippen LogP contribution in [0.2, 0.25) is 0 Å². The first-order chi connectivity index (χ1) is 29.7. The van der Waals surface area contributed by atoms with Crippen molar-refractivity contribution >= 4 is 28.6 Å². The number of carbonyl (C=O) groups is 1.